The molecule has 0 aromatic heterocycles. The maximum atomic E-state index is 9.50. The monoisotopic (exact) mass is 256 g/mol. The second-order valence-corrected chi connectivity index (χ2v) is 3.87. The quantitative estimate of drug-likeness (QED) is 0.840. The molecule has 1 N–H and O–H groups in total. The van der Waals surface area contributed by atoms with Crippen LogP contribution in [-0.2, 0) is 0 Å². The smallest absolute Gasteiger partial charge is 0.125 e. The van der Waals surface area contributed by atoms with Crippen molar-refractivity contribution in [3.63, 3.8) is 0 Å². The van der Waals surface area contributed by atoms with Crippen LogP contribution in [0.5, 0.6) is 5.75 Å². The number of ether oxygens (including phenoxy) is 1. The normalized spacial score (nSPS) is 12.2. The van der Waals surface area contributed by atoms with Gasteiger partial charge >= 0.3 is 0 Å². The molecule has 14 heavy (non-hydrogen) atoms. The summed E-state index contributed by atoms with van der Waals surface area (Å²) in [4.78, 5) is 0. The van der Waals surface area contributed by atoms with Crippen LogP contribution in [-0.4, -0.2) is 11.7 Å². The Morgan fingerprint density at radius 3 is 2.93 bits per heavy atom. The van der Waals surface area contributed by atoms with Gasteiger partial charge in [-0.2, -0.15) is 0 Å². The number of rotatable bonds is 4. The highest BCUT2D eigenvalue weighted by atomic mass is 79.9. The highest BCUT2D eigenvalue weighted by molar-refractivity contribution is 9.10. The number of hydrogen-bond donors (Lipinski definition) is 1. The average Bonchev–Trinajstić information content (AvgIpc) is 2.15. The van der Waals surface area contributed by atoms with E-state index in [1.165, 1.54) is 0 Å². The van der Waals surface area contributed by atoms with Gasteiger partial charge in [0.15, 0.2) is 0 Å². The lowest BCUT2D eigenvalue weighted by atomic mass is 10.1. The van der Waals surface area contributed by atoms with Crippen molar-refractivity contribution in [3.8, 4) is 5.75 Å². The average molecular weight is 257 g/mol. The van der Waals surface area contributed by atoms with Gasteiger partial charge in [-0.3, -0.25) is 0 Å². The molecule has 0 radical (unpaired) electrons. The van der Waals surface area contributed by atoms with Gasteiger partial charge in [0.2, 0.25) is 0 Å². The minimum Gasteiger partial charge on any atom is -0.489 e. The van der Waals surface area contributed by atoms with Gasteiger partial charge in [0.25, 0.3) is 0 Å². The van der Waals surface area contributed by atoms with Crippen molar-refractivity contribution in [2.24, 2.45) is 0 Å². The first-order valence-corrected chi connectivity index (χ1v) is 5.15. The highest BCUT2D eigenvalue weighted by Gasteiger charge is 2.08. The predicted octanol–water partition coefficient (Wildman–Crippen LogP) is 3.07. The zero-order valence-electron chi connectivity index (χ0n) is 8.03. The maximum Gasteiger partial charge on any atom is 0.125 e. The third-order valence-corrected chi connectivity index (χ3v) is 2.27. The molecule has 1 aromatic rings. The van der Waals surface area contributed by atoms with Crippen LogP contribution in [0.1, 0.15) is 18.6 Å². The highest BCUT2D eigenvalue weighted by Crippen LogP contribution is 2.28. The van der Waals surface area contributed by atoms with Crippen molar-refractivity contribution >= 4 is 15.9 Å². The van der Waals surface area contributed by atoms with Crippen LogP contribution >= 0.6 is 15.9 Å². The molecule has 0 heterocycles. The first-order valence-electron chi connectivity index (χ1n) is 4.36. The van der Waals surface area contributed by atoms with Gasteiger partial charge in [-0.1, -0.05) is 28.6 Å². The Labute approximate surface area is 92.3 Å². The molecule has 0 bridgehead atoms. The topological polar surface area (TPSA) is 29.5 Å². The summed E-state index contributed by atoms with van der Waals surface area (Å²) in [5, 5.41) is 9.50. The number of halogens is 1. The molecule has 0 aliphatic carbocycles. The lowest BCUT2D eigenvalue weighted by molar-refractivity contribution is 0.193. The SMILES string of the molecule is C=CCOc1ccc(Br)cc1C(C)O. The first kappa shape index (κ1) is 11.3. The van der Waals surface area contributed by atoms with Crippen LogP contribution in [0, 0.1) is 0 Å². The molecule has 0 saturated carbocycles. The van der Waals surface area contributed by atoms with E-state index >= 15 is 0 Å². The summed E-state index contributed by atoms with van der Waals surface area (Å²) in [6.07, 6.45) is 1.14. The predicted molar refractivity (Wildman–Crippen MR) is 60.5 cm³/mol. The Morgan fingerprint density at radius 2 is 2.36 bits per heavy atom. The van der Waals surface area contributed by atoms with Crippen molar-refractivity contribution in [1.29, 1.82) is 0 Å². The molecule has 1 aromatic carbocycles. The Morgan fingerprint density at radius 1 is 1.64 bits per heavy atom. The molecule has 0 amide bonds. The van der Waals surface area contributed by atoms with E-state index in [1.54, 1.807) is 13.0 Å². The van der Waals surface area contributed by atoms with Crippen molar-refractivity contribution in [1.82, 2.24) is 0 Å². The van der Waals surface area contributed by atoms with Crippen molar-refractivity contribution < 1.29 is 9.84 Å². The fourth-order valence-corrected chi connectivity index (χ4v) is 1.50. The van der Waals surface area contributed by atoms with E-state index in [4.69, 9.17) is 4.74 Å². The van der Waals surface area contributed by atoms with E-state index in [0.29, 0.717) is 12.4 Å². The van der Waals surface area contributed by atoms with Gasteiger partial charge in [0.1, 0.15) is 12.4 Å². The summed E-state index contributed by atoms with van der Waals surface area (Å²) < 4.78 is 6.33. The van der Waals surface area contributed by atoms with Crippen molar-refractivity contribution in [2.75, 3.05) is 6.61 Å². The van der Waals surface area contributed by atoms with E-state index < -0.39 is 6.10 Å². The van der Waals surface area contributed by atoms with Crippen molar-refractivity contribution in [3.05, 3.63) is 40.9 Å². The van der Waals surface area contributed by atoms with Gasteiger partial charge in [0, 0.05) is 10.0 Å². The largest absolute Gasteiger partial charge is 0.489 e. The molecule has 3 heteroatoms. The second kappa shape index (κ2) is 5.17. The van der Waals surface area contributed by atoms with Gasteiger partial charge in [-0.05, 0) is 25.1 Å². The number of aliphatic hydroxyl groups is 1. The Kier molecular flexibility index (Phi) is 4.17. The summed E-state index contributed by atoms with van der Waals surface area (Å²) in [7, 11) is 0. The van der Waals surface area contributed by atoms with Crippen LogP contribution in [0.15, 0.2) is 35.3 Å². The van der Waals surface area contributed by atoms with E-state index in [-0.39, 0.29) is 0 Å². The summed E-state index contributed by atoms with van der Waals surface area (Å²) in [5.74, 6) is 0.697. The van der Waals surface area contributed by atoms with Crippen LogP contribution in [0.25, 0.3) is 0 Å². The van der Waals surface area contributed by atoms with Crippen molar-refractivity contribution in [2.45, 2.75) is 13.0 Å². The molecule has 0 aliphatic heterocycles. The molecule has 76 valence electrons. The summed E-state index contributed by atoms with van der Waals surface area (Å²) in [6.45, 7) is 5.73. The van der Waals surface area contributed by atoms with E-state index in [1.807, 2.05) is 18.2 Å². The minimum atomic E-state index is -0.535. The molecule has 1 rings (SSSR count). The lowest BCUT2D eigenvalue weighted by Crippen LogP contribution is -2.00. The number of aliphatic hydroxyl groups excluding tert-OH is 1. The lowest BCUT2D eigenvalue weighted by Gasteiger charge is -2.12. The molecule has 0 fully saturated rings. The van der Waals surface area contributed by atoms with Gasteiger partial charge < -0.3 is 9.84 Å². The molecular weight excluding hydrogens is 244 g/mol. The Hall–Kier alpha value is -0.800. The molecule has 0 aliphatic rings. The summed E-state index contributed by atoms with van der Waals surface area (Å²) in [5.41, 5.74) is 0.779. The van der Waals surface area contributed by atoms with E-state index in [9.17, 15) is 5.11 Å². The molecular formula is C11H13BrO2. The van der Waals surface area contributed by atoms with Gasteiger partial charge in [-0.25, -0.2) is 0 Å². The first-order chi connectivity index (χ1) is 6.65. The van der Waals surface area contributed by atoms with Crippen LogP contribution in [0.3, 0.4) is 0 Å². The zero-order chi connectivity index (χ0) is 10.6. The maximum absolute atomic E-state index is 9.50. The fourth-order valence-electron chi connectivity index (χ4n) is 1.13. The molecule has 1 atom stereocenters. The van der Waals surface area contributed by atoms with Gasteiger partial charge in [-0.15, -0.1) is 0 Å². The Balaban J connectivity index is 2.95. The third-order valence-electron chi connectivity index (χ3n) is 1.78. The van der Waals surface area contributed by atoms with Crippen LogP contribution in [0.4, 0.5) is 0 Å². The Bertz CT molecular complexity index is 321. The number of benzene rings is 1. The van der Waals surface area contributed by atoms with Crippen LogP contribution < -0.4 is 4.74 Å². The third kappa shape index (κ3) is 2.86. The summed E-state index contributed by atoms with van der Waals surface area (Å²) >= 11 is 3.35. The standard InChI is InChI=1S/C11H13BrO2/c1-3-6-14-11-5-4-9(12)7-10(11)8(2)13/h3-5,7-8,13H,1,6H2,2H3. The van der Waals surface area contributed by atoms with Crippen LogP contribution in [0.2, 0.25) is 0 Å². The van der Waals surface area contributed by atoms with E-state index in [0.717, 1.165) is 10.0 Å². The number of hydrogen-bond acceptors (Lipinski definition) is 2. The molecule has 0 saturated heterocycles. The molecule has 0 spiro atoms. The zero-order valence-corrected chi connectivity index (χ0v) is 9.62. The second-order valence-electron chi connectivity index (χ2n) is 2.96. The summed E-state index contributed by atoms with van der Waals surface area (Å²) in [6, 6.07) is 5.56. The molecule has 2 nitrogen and oxygen atoms in total. The van der Waals surface area contributed by atoms with E-state index in [2.05, 4.69) is 22.5 Å². The molecule has 1 unspecified atom stereocenters. The van der Waals surface area contributed by atoms with Gasteiger partial charge in [0.05, 0.1) is 6.10 Å². The minimum absolute atomic E-state index is 0.446. The fraction of sp³-hybridized carbons (Fsp3) is 0.273.